The Labute approximate surface area is 235 Å². The number of anilines is 2. The number of halogens is 1. The van der Waals surface area contributed by atoms with Crippen LogP contribution in [0.2, 0.25) is 0 Å². The number of aromatic nitrogens is 2. The number of nitrogens with one attached hydrogen (secondary N) is 1. The van der Waals surface area contributed by atoms with Crippen LogP contribution < -0.4 is 20.1 Å². The molecule has 1 fully saturated rings. The molecule has 4 rings (SSSR count). The van der Waals surface area contributed by atoms with Gasteiger partial charge in [-0.05, 0) is 67.0 Å². The zero-order chi connectivity index (χ0) is 29.0. The van der Waals surface area contributed by atoms with E-state index < -0.39 is 21.7 Å². The predicted octanol–water partition coefficient (Wildman–Crippen LogP) is 4.89. The van der Waals surface area contributed by atoms with Crippen molar-refractivity contribution in [1.29, 1.82) is 0 Å². The van der Waals surface area contributed by atoms with Crippen LogP contribution in [0.1, 0.15) is 50.9 Å². The van der Waals surface area contributed by atoms with Crippen LogP contribution in [-0.2, 0) is 10.0 Å². The Morgan fingerprint density at radius 2 is 1.93 bits per heavy atom. The van der Waals surface area contributed by atoms with Gasteiger partial charge in [0.1, 0.15) is 23.2 Å². The number of sulfonamides is 1. The van der Waals surface area contributed by atoms with E-state index in [2.05, 4.69) is 23.6 Å². The molecule has 0 saturated carbocycles. The van der Waals surface area contributed by atoms with Gasteiger partial charge in [0.25, 0.3) is 15.9 Å². The molecule has 0 spiro atoms. The van der Waals surface area contributed by atoms with E-state index in [0.717, 1.165) is 12.8 Å². The predicted molar refractivity (Wildman–Crippen MR) is 153 cm³/mol. The smallest absolute Gasteiger partial charge is 0.281 e. The molecule has 1 atom stereocenters. The lowest BCUT2D eigenvalue weighted by molar-refractivity contribution is 0.0981. The highest BCUT2D eigenvalue weighted by atomic mass is 32.2. The van der Waals surface area contributed by atoms with Crippen molar-refractivity contribution in [2.45, 2.75) is 45.6 Å². The van der Waals surface area contributed by atoms with Crippen molar-refractivity contribution in [1.82, 2.24) is 14.7 Å². The first-order chi connectivity index (χ1) is 18.9. The molecule has 1 aromatic carbocycles. The van der Waals surface area contributed by atoms with Crippen LogP contribution >= 0.6 is 0 Å². The average molecular weight is 570 g/mol. The Bertz CT molecular complexity index is 1480. The van der Waals surface area contributed by atoms with E-state index in [1.54, 1.807) is 12.1 Å². The van der Waals surface area contributed by atoms with Gasteiger partial charge >= 0.3 is 0 Å². The van der Waals surface area contributed by atoms with Gasteiger partial charge in [0.15, 0.2) is 5.03 Å². The van der Waals surface area contributed by atoms with E-state index in [-0.39, 0.29) is 22.3 Å². The monoisotopic (exact) mass is 569 g/mol. The van der Waals surface area contributed by atoms with Gasteiger partial charge in [-0.25, -0.2) is 19.1 Å². The number of amides is 1. The van der Waals surface area contributed by atoms with E-state index in [1.807, 2.05) is 18.7 Å². The summed E-state index contributed by atoms with van der Waals surface area (Å²) < 4.78 is 48.3. The minimum Gasteiger partial charge on any atom is -0.493 e. The second-order valence-electron chi connectivity index (χ2n) is 10.9. The quantitative estimate of drug-likeness (QED) is 0.373. The topological polar surface area (TPSA) is 128 Å². The molecule has 11 heteroatoms. The van der Waals surface area contributed by atoms with E-state index in [9.17, 15) is 17.6 Å². The van der Waals surface area contributed by atoms with Crippen molar-refractivity contribution in [3.05, 3.63) is 59.9 Å². The molecule has 2 aromatic heterocycles. The standard InChI is InChI=1S/C29H36FN5O4S/c1-18(2)17-39-23-14-21(13-22(30)15-23)25-11-10-24(28(32-25)35-12-6-7-20(16-35)19(3)4)29(36)34-40(37,38)27-9-5-8-26(31)33-27/h5,8-11,13-15,18-20H,6-7,12,16-17H2,1-4H3,(H2,31,33)(H,34,36). The Morgan fingerprint density at radius 1 is 1.15 bits per heavy atom. The number of hydrogen-bond acceptors (Lipinski definition) is 8. The largest absolute Gasteiger partial charge is 0.493 e. The highest BCUT2D eigenvalue weighted by molar-refractivity contribution is 7.90. The number of nitrogens with two attached hydrogens (primary N) is 1. The lowest BCUT2D eigenvalue weighted by Crippen LogP contribution is -2.40. The lowest BCUT2D eigenvalue weighted by Gasteiger charge is -2.36. The molecule has 214 valence electrons. The van der Waals surface area contributed by atoms with Crippen LogP contribution in [0.15, 0.2) is 53.6 Å². The fourth-order valence-corrected chi connectivity index (χ4v) is 5.58. The maximum atomic E-state index is 14.6. The normalized spacial score (nSPS) is 15.9. The van der Waals surface area contributed by atoms with E-state index in [0.29, 0.717) is 54.4 Å². The van der Waals surface area contributed by atoms with Gasteiger partial charge in [0, 0.05) is 24.7 Å². The molecule has 1 saturated heterocycles. The van der Waals surface area contributed by atoms with E-state index in [1.165, 1.54) is 36.4 Å². The molecular formula is C29H36FN5O4S. The maximum absolute atomic E-state index is 14.6. The van der Waals surface area contributed by atoms with Gasteiger partial charge in [0.05, 0.1) is 17.9 Å². The molecule has 1 unspecified atom stereocenters. The molecule has 1 amide bonds. The Kier molecular flexibility index (Phi) is 8.92. The first-order valence-electron chi connectivity index (χ1n) is 13.4. The number of ether oxygens (including phenoxy) is 1. The van der Waals surface area contributed by atoms with E-state index >= 15 is 0 Å². The number of piperidine rings is 1. The minimum atomic E-state index is -4.29. The third-order valence-corrected chi connectivity index (χ3v) is 8.05. The summed E-state index contributed by atoms with van der Waals surface area (Å²) >= 11 is 0. The van der Waals surface area contributed by atoms with Gasteiger partial charge in [-0.2, -0.15) is 8.42 Å². The number of nitrogens with zero attached hydrogens (tertiary/aromatic N) is 3. The summed E-state index contributed by atoms with van der Waals surface area (Å²) in [6, 6.07) is 11.6. The number of carbonyl (C=O) groups excluding carboxylic acids is 1. The molecule has 0 bridgehead atoms. The summed E-state index contributed by atoms with van der Waals surface area (Å²) in [5.74, 6) is 0.480. The fraction of sp³-hybridized carbons (Fsp3) is 0.414. The lowest BCUT2D eigenvalue weighted by atomic mass is 9.88. The molecule has 9 nitrogen and oxygen atoms in total. The fourth-order valence-electron chi connectivity index (χ4n) is 4.64. The molecule has 40 heavy (non-hydrogen) atoms. The van der Waals surface area contributed by atoms with Crippen molar-refractivity contribution in [3.8, 4) is 17.0 Å². The molecule has 0 radical (unpaired) electrons. The first kappa shape index (κ1) is 29.3. The Hall–Kier alpha value is -3.73. The average Bonchev–Trinajstić information content (AvgIpc) is 2.91. The number of rotatable bonds is 9. The first-order valence-corrected chi connectivity index (χ1v) is 14.9. The summed E-state index contributed by atoms with van der Waals surface area (Å²) in [5.41, 5.74) is 6.66. The maximum Gasteiger partial charge on any atom is 0.281 e. The highest BCUT2D eigenvalue weighted by Gasteiger charge is 2.29. The van der Waals surface area contributed by atoms with Crippen molar-refractivity contribution in [3.63, 3.8) is 0 Å². The van der Waals surface area contributed by atoms with Crippen LogP contribution in [0.3, 0.4) is 0 Å². The molecule has 1 aliphatic heterocycles. The van der Waals surface area contributed by atoms with Crippen LogP contribution in [0.4, 0.5) is 16.0 Å². The Morgan fingerprint density at radius 3 is 2.62 bits per heavy atom. The summed E-state index contributed by atoms with van der Waals surface area (Å²) in [7, 11) is -4.29. The molecule has 3 N–H and O–H groups in total. The van der Waals surface area contributed by atoms with Gasteiger partial charge in [0.2, 0.25) is 0 Å². The van der Waals surface area contributed by atoms with Crippen LogP contribution in [-0.4, -0.2) is 44.0 Å². The number of hydrogen-bond donors (Lipinski definition) is 2. The molecule has 1 aliphatic rings. The van der Waals surface area contributed by atoms with Crippen molar-refractivity contribution in [2.24, 2.45) is 17.8 Å². The summed E-state index contributed by atoms with van der Waals surface area (Å²) in [6.07, 6.45) is 1.94. The van der Waals surface area contributed by atoms with Crippen LogP contribution in [0, 0.1) is 23.6 Å². The Balaban J connectivity index is 1.73. The molecule has 3 aromatic rings. The van der Waals surface area contributed by atoms with Gasteiger partial charge in [-0.3, -0.25) is 4.79 Å². The molecular weight excluding hydrogens is 533 g/mol. The summed E-state index contributed by atoms with van der Waals surface area (Å²) in [6.45, 7) is 10.1. The van der Waals surface area contributed by atoms with E-state index in [4.69, 9.17) is 15.5 Å². The number of carbonyl (C=O) groups is 1. The summed E-state index contributed by atoms with van der Waals surface area (Å²) in [4.78, 5) is 24.0. The number of benzene rings is 1. The second kappa shape index (κ2) is 12.2. The van der Waals surface area contributed by atoms with Gasteiger partial charge in [-0.15, -0.1) is 0 Å². The van der Waals surface area contributed by atoms with Crippen molar-refractivity contribution >= 4 is 27.6 Å². The SMILES string of the molecule is CC(C)COc1cc(F)cc(-c2ccc(C(=O)NS(=O)(=O)c3cccc(N)n3)c(N3CCCC(C(C)C)C3)n2)c1. The number of nitrogen functional groups attached to an aromatic ring is 1. The zero-order valence-electron chi connectivity index (χ0n) is 23.2. The zero-order valence-corrected chi connectivity index (χ0v) is 24.0. The second-order valence-corrected chi connectivity index (χ2v) is 12.5. The van der Waals surface area contributed by atoms with Crippen LogP contribution in [0.25, 0.3) is 11.3 Å². The third kappa shape index (κ3) is 7.07. The molecule has 3 heterocycles. The van der Waals surface area contributed by atoms with Crippen molar-refractivity contribution in [2.75, 3.05) is 30.3 Å². The highest BCUT2D eigenvalue weighted by Crippen LogP contribution is 2.32. The number of pyridine rings is 2. The minimum absolute atomic E-state index is 0.0157. The van der Waals surface area contributed by atoms with Gasteiger partial charge < -0.3 is 15.4 Å². The molecule has 0 aliphatic carbocycles. The summed E-state index contributed by atoms with van der Waals surface area (Å²) in [5, 5.41) is -0.362. The van der Waals surface area contributed by atoms with Gasteiger partial charge in [-0.1, -0.05) is 33.8 Å². The van der Waals surface area contributed by atoms with Crippen molar-refractivity contribution < 1.29 is 22.3 Å². The third-order valence-electron chi connectivity index (χ3n) is 6.82. The van der Waals surface area contributed by atoms with Crippen LogP contribution in [0.5, 0.6) is 5.75 Å².